The van der Waals surface area contributed by atoms with E-state index < -0.39 is 10.0 Å². The van der Waals surface area contributed by atoms with Crippen molar-refractivity contribution in [1.29, 1.82) is 0 Å². The highest BCUT2D eigenvalue weighted by Crippen LogP contribution is 2.26. The van der Waals surface area contributed by atoms with Crippen LogP contribution in [0.5, 0.6) is 0 Å². The second kappa shape index (κ2) is 10.1. The van der Waals surface area contributed by atoms with Gasteiger partial charge in [0, 0.05) is 42.4 Å². The fourth-order valence-electron chi connectivity index (χ4n) is 3.53. The first-order chi connectivity index (χ1) is 15.4. The zero-order chi connectivity index (χ0) is 22.6. The molecule has 1 heterocycles. The number of sulfonamides is 1. The predicted molar refractivity (Wildman–Crippen MR) is 129 cm³/mol. The molecule has 0 bridgehead atoms. The molecule has 32 heavy (non-hydrogen) atoms. The lowest BCUT2D eigenvalue weighted by Gasteiger charge is -2.34. The summed E-state index contributed by atoms with van der Waals surface area (Å²) in [6.07, 6.45) is 0. The Morgan fingerprint density at radius 2 is 1.47 bits per heavy atom. The second-order valence-electron chi connectivity index (χ2n) is 7.43. The Morgan fingerprint density at radius 3 is 2.12 bits per heavy atom. The molecule has 0 atom stereocenters. The van der Waals surface area contributed by atoms with E-state index in [1.54, 1.807) is 34.9 Å². The predicted octanol–water partition coefficient (Wildman–Crippen LogP) is 4.78. The second-order valence-corrected chi connectivity index (χ2v) is 10.8. The van der Waals surface area contributed by atoms with Crippen LogP contribution in [0, 0.1) is 0 Å². The number of halogens is 1. The molecule has 1 saturated heterocycles. The van der Waals surface area contributed by atoms with Gasteiger partial charge in [0.25, 0.3) is 5.91 Å². The lowest BCUT2D eigenvalue weighted by atomic mass is 10.1. The molecule has 166 valence electrons. The Bertz CT molecular complexity index is 1180. The van der Waals surface area contributed by atoms with Crippen LogP contribution in [0.15, 0.2) is 88.7 Å². The monoisotopic (exact) mass is 486 g/mol. The fraction of sp³-hybridized carbons (Fsp3) is 0.208. The van der Waals surface area contributed by atoms with Crippen molar-refractivity contribution in [3.8, 4) is 0 Å². The van der Waals surface area contributed by atoms with Crippen LogP contribution in [0.25, 0.3) is 0 Å². The minimum Gasteiger partial charge on any atom is -0.336 e. The topological polar surface area (TPSA) is 57.7 Å². The summed E-state index contributed by atoms with van der Waals surface area (Å²) in [5, 5.41) is 0.205. The van der Waals surface area contributed by atoms with Gasteiger partial charge in [0.15, 0.2) is 0 Å². The van der Waals surface area contributed by atoms with Gasteiger partial charge in [0.1, 0.15) is 4.90 Å². The number of carbonyl (C=O) groups excluding carboxylic acids is 1. The molecule has 0 radical (unpaired) electrons. The van der Waals surface area contributed by atoms with Crippen molar-refractivity contribution >= 4 is 39.3 Å². The maximum Gasteiger partial charge on any atom is 0.253 e. The van der Waals surface area contributed by atoms with Crippen molar-refractivity contribution in [2.24, 2.45) is 0 Å². The summed E-state index contributed by atoms with van der Waals surface area (Å²) in [6.45, 7) is 1.17. The molecule has 0 saturated carbocycles. The molecule has 0 spiro atoms. The van der Waals surface area contributed by atoms with Gasteiger partial charge in [0.2, 0.25) is 10.0 Å². The standard InChI is InChI=1S/C24H23ClN2O3S2/c25-22-8-4-5-9-23(22)32(29,30)27-16-14-26(15-17-27)24(28)20-12-10-19(11-13-20)18-31-21-6-2-1-3-7-21/h1-13H,14-18H2. The van der Waals surface area contributed by atoms with Crippen LogP contribution in [0.3, 0.4) is 0 Å². The number of benzene rings is 3. The van der Waals surface area contributed by atoms with Crippen LogP contribution in [0.4, 0.5) is 0 Å². The number of hydrogen-bond acceptors (Lipinski definition) is 4. The van der Waals surface area contributed by atoms with E-state index in [0.29, 0.717) is 18.7 Å². The third kappa shape index (κ3) is 5.18. The third-order valence-electron chi connectivity index (χ3n) is 5.33. The molecule has 1 aliphatic heterocycles. The van der Waals surface area contributed by atoms with Crippen LogP contribution >= 0.6 is 23.4 Å². The zero-order valence-electron chi connectivity index (χ0n) is 17.4. The Labute approximate surface area is 198 Å². The van der Waals surface area contributed by atoms with Gasteiger partial charge >= 0.3 is 0 Å². The number of amides is 1. The highest BCUT2D eigenvalue weighted by molar-refractivity contribution is 7.98. The van der Waals surface area contributed by atoms with Crippen LogP contribution in [-0.2, 0) is 15.8 Å². The van der Waals surface area contributed by atoms with Gasteiger partial charge in [-0.3, -0.25) is 4.79 Å². The van der Waals surface area contributed by atoms with Crippen molar-refractivity contribution in [2.45, 2.75) is 15.5 Å². The quantitative estimate of drug-likeness (QED) is 0.470. The van der Waals surface area contributed by atoms with E-state index in [2.05, 4.69) is 12.1 Å². The van der Waals surface area contributed by atoms with E-state index in [9.17, 15) is 13.2 Å². The summed E-state index contributed by atoms with van der Waals surface area (Å²) >= 11 is 7.84. The Hall–Kier alpha value is -2.32. The van der Waals surface area contributed by atoms with Gasteiger partial charge < -0.3 is 4.90 Å². The lowest BCUT2D eigenvalue weighted by Crippen LogP contribution is -2.50. The smallest absolute Gasteiger partial charge is 0.253 e. The first-order valence-corrected chi connectivity index (χ1v) is 13.1. The van der Waals surface area contributed by atoms with E-state index in [1.165, 1.54) is 15.3 Å². The normalized spacial score (nSPS) is 15.0. The molecule has 0 N–H and O–H groups in total. The highest BCUT2D eigenvalue weighted by atomic mass is 35.5. The molecule has 0 aliphatic carbocycles. The summed E-state index contributed by atoms with van der Waals surface area (Å²) in [5.74, 6) is 0.749. The van der Waals surface area contributed by atoms with Crippen molar-refractivity contribution < 1.29 is 13.2 Å². The number of rotatable bonds is 6. The molecule has 4 rings (SSSR count). The van der Waals surface area contributed by atoms with E-state index in [-0.39, 0.29) is 28.9 Å². The van der Waals surface area contributed by atoms with Gasteiger partial charge in [-0.25, -0.2) is 8.42 Å². The van der Waals surface area contributed by atoms with Crippen molar-refractivity contribution in [3.05, 3.63) is 95.0 Å². The molecule has 1 fully saturated rings. The van der Waals surface area contributed by atoms with E-state index >= 15 is 0 Å². The Morgan fingerprint density at radius 1 is 0.844 bits per heavy atom. The van der Waals surface area contributed by atoms with E-state index in [0.717, 1.165) is 11.3 Å². The maximum absolute atomic E-state index is 12.9. The van der Waals surface area contributed by atoms with Gasteiger partial charge in [0.05, 0.1) is 5.02 Å². The molecule has 0 aromatic heterocycles. The fourth-order valence-corrected chi connectivity index (χ4v) is 6.32. The van der Waals surface area contributed by atoms with E-state index in [4.69, 9.17) is 11.6 Å². The average molecular weight is 487 g/mol. The van der Waals surface area contributed by atoms with Crippen LogP contribution in [-0.4, -0.2) is 49.7 Å². The maximum atomic E-state index is 12.9. The van der Waals surface area contributed by atoms with Crippen molar-refractivity contribution in [2.75, 3.05) is 26.2 Å². The molecular weight excluding hydrogens is 464 g/mol. The molecular formula is C24H23ClN2O3S2. The first kappa shape index (κ1) is 22.9. The van der Waals surface area contributed by atoms with Crippen molar-refractivity contribution in [3.63, 3.8) is 0 Å². The van der Waals surface area contributed by atoms with Gasteiger partial charge in [-0.1, -0.05) is 54.1 Å². The van der Waals surface area contributed by atoms with Crippen LogP contribution in [0.1, 0.15) is 15.9 Å². The molecule has 3 aromatic carbocycles. The van der Waals surface area contributed by atoms with Crippen LogP contribution < -0.4 is 0 Å². The summed E-state index contributed by atoms with van der Waals surface area (Å²) in [7, 11) is -3.68. The minimum atomic E-state index is -3.68. The number of hydrogen-bond donors (Lipinski definition) is 0. The Balaban J connectivity index is 1.34. The molecule has 0 unspecified atom stereocenters. The van der Waals surface area contributed by atoms with E-state index in [1.807, 2.05) is 42.5 Å². The first-order valence-electron chi connectivity index (χ1n) is 10.3. The zero-order valence-corrected chi connectivity index (χ0v) is 19.7. The Kier molecular flexibility index (Phi) is 7.20. The molecule has 1 amide bonds. The molecule has 5 nitrogen and oxygen atoms in total. The summed E-state index contributed by atoms with van der Waals surface area (Å²) < 4.78 is 27.2. The number of carbonyl (C=O) groups is 1. The molecule has 3 aromatic rings. The van der Waals surface area contributed by atoms with Gasteiger partial charge in [-0.05, 0) is 42.0 Å². The third-order valence-corrected chi connectivity index (χ3v) is 8.81. The number of thioether (sulfide) groups is 1. The molecule has 1 aliphatic rings. The SMILES string of the molecule is O=C(c1ccc(CSc2ccccc2)cc1)N1CCN(S(=O)(=O)c2ccccc2Cl)CC1. The minimum absolute atomic E-state index is 0.0814. The lowest BCUT2D eigenvalue weighted by molar-refractivity contribution is 0.0698. The number of nitrogens with zero attached hydrogens (tertiary/aromatic N) is 2. The number of piperazine rings is 1. The summed E-state index contributed by atoms with van der Waals surface area (Å²) in [6, 6.07) is 24.2. The largest absolute Gasteiger partial charge is 0.336 e. The van der Waals surface area contributed by atoms with Crippen molar-refractivity contribution in [1.82, 2.24) is 9.21 Å². The highest BCUT2D eigenvalue weighted by Gasteiger charge is 2.31. The van der Waals surface area contributed by atoms with Gasteiger partial charge in [-0.15, -0.1) is 11.8 Å². The summed E-state index contributed by atoms with van der Waals surface area (Å²) in [5.41, 5.74) is 1.76. The van der Waals surface area contributed by atoms with Gasteiger partial charge in [-0.2, -0.15) is 4.31 Å². The summed E-state index contributed by atoms with van der Waals surface area (Å²) in [4.78, 5) is 15.9. The average Bonchev–Trinajstić information content (AvgIpc) is 2.83. The van der Waals surface area contributed by atoms with Crippen LogP contribution in [0.2, 0.25) is 5.02 Å². The molecule has 8 heteroatoms.